The van der Waals surface area contributed by atoms with E-state index < -0.39 is 0 Å². The number of allylic oxidation sites excluding steroid dienone is 4. The van der Waals surface area contributed by atoms with Gasteiger partial charge in [0.15, 0.2) is 0 Å². The van der Waals surface area contributed by atoms with E-state index in [-0.39, 0.29) is 5.38 Å². The highest BCUT2D eigenvalue weighted by Gasteiger charge is 2.17. The molecule has 0 saturated carbocycles. The molecular formula is C20H22BrClN2S. The first-order valence-corrected chi connectivity index (χ1v) is 10.8. The van der Waals surface area contributed by atoms with Crippen LogP contribution in [0.15, 0.2) is 68.0 Å². The molecule has 3 rings (SSSR count). The van der Waals surface area contributed by atoms with Crippen molar-refractivity contribution in [2.45, 2.75) is 30.0 Å². The van der Waals surface area contributed by atoms with Crippen molar-refractivity contribution in [1.82, 2.24) is 5.32 Å². The molecule has 0 fully saturated rings. The van der Waals surface area contributed by atoms with Crippen LogP contribution in [-0.4, -0.2) is 30.1 Å². The molecule has 1 atom stereocenters. The molecule has 0 radical (unpaired) electrons. The standard InChI is InChI=1S/C20H22BrClN2S/c1-2-14-7-8-16(21)12-19(14)25-13-15-11-17(22)5-3-6-18(15)20-23-9-4-10-24-20/h3,5-8,11-12,17H,2,4,9-10,13H2,1H3,(H,23,24). The minimum Gasteiger partial charge on any atom is -0.370 e. The Morgan fingerprint density at radius 2 is 2.28 bits per heavy atom. The molecule has 2 aliphatic rings. The van der Waals surface area contributed by atoms with Gasteiger partial charge in [-0.05, 0) is 36.1 Å². The summed E-state index contributed by atoms with van der Waals surface area (Å²) in [5.41, 5.74) is 3.78. The number of alkyl halides is 1. The molecule has 1 aliphatic carbocycles. The lowest BCUT2D eigenvalue weighted by molar-refractivity contribution is 0.741. The van der Waals surface area contributed by atoms with E-state index in [1.165, 1.54) is 21.6 Å². The van der Waals surface area contributed by atoms with Crippen LogP contribution in [0, 0.1) is 0 Å². The third kappa shape index (κ3) is 5.02. The van der Waals surface area contributed by atoms with Crippen molar-refractivity contribution in [3.63, 3.8) is 0 Å². The van der Waals surface area contributed by atoms with Crippen LogP contribution in [0.3, 0.4) is 0 Å². The van der Waals surface area contributed by atoms with Gasteiger partial charge in [-0.3, -0.25) is 4.99 Å². The lowest BCUT2D eigenvalue weighted by atomic mass is 10.1. The number of aryl methyl sites for hydroxylation is 1. The van der Waals surface area contributed by atoms with Crippen LogP contribution >= 0.6 is 39.3 Å². The number of rotatable bonds is 5. The SMILES string of the molecule is CCc1ccc(Br)cc1SCC1=CC(Cl)C=CC=C1C1=NCCCN1. The van der Waals surface area contributed by atoms with Crippen LogP contribution in [-0.2, 0) is 6.42 Å². The maximum atomic E-state index is 6.41. The summed E-state index contributed by atoms with van der Waals surface area (Å²) >= 11 is 11.9. The van der Waals surface area contributed by atoms with Crippen LogP contribution in [0.1, 0.15) is 18.9 Å². The molecule has 1 aromatic rings. The van der Waals surface area contributed by atoms with Gasteiger partial charge in [-0.2, -0.15) is 0 Å². The van der Waals surface area contributed by atoms with E-state index in [1.807, 2.05) is 23.9 Å². The molecule has 1 N–H and O–H groups in total. The number of halogens is 2. The smallest absolute Gasteiger partial charge is 0.128 e. The number of nitrogens with zero attached hydrogens (tertiary/aromatic N) is 1. The van der Waals surface area contributed by atoms with Crippen LogP contribution in [0.4, 0.5) is 0 Å². The molecule has 0 saturated heterocycles. The van der Waals surface area contributed by atoms with E-state index in [2.05, 4.69) is 63.5 Å². The fraction of sp³-hybridized carbons (Fsp3) is 0.350. The van der Waals surface area contributed by atoms with Gasteiger partial charge in [0.1, 0.15) is 5.84 Å². The van der Waals surface area contributed by atoms with Gasteiger partial charge in [-0.15, -0.1) is 23.4 Å². The molecule has 1 unspecified atom stereocenters. The summed E-state index contributed by atoms with van der Waals surface area (Å²) in [6.45, 7) is 4.07. The molecule has 132 valence electrons. The molecular weight excluding hydrogens is 416 g/mol. The van der Waals surface area contributed by atoms with Crippen LogP contribution in [0.2, 0.25) is 0 Å². The first kappa shape index (κ1) is 18.8. The number of amidine groups is 1. The predicted molar refractivity (Wildman–Crippen MR) is 114 cm³/mol. The van der Waals surface area contributed by atoms with Gasteiger partial charge in [-0.1, -0.05) is 53.2 Å². The van der Waals surface area contributed by atoms with Crippen LogP contribution in [0.5, 0.6) is 0 Å². The lowest BCUT2D eigenvalue weighted by Gasteiger charge is -2.19. The summed E-state index contributed by atoms with van der Waals surface area (Å²) in [6.07, 6.45) is 10.5. The van der Waals surface area contributed by atoms with Crippen molar-refractivity contribution in [2.24, 2.45) is 4.99 Å². The van der Waals surface area contributed by atoms with Gasteiger partial charge < -0.3 is 5.32 Å². The number of nitrogens with one attached hydrogen (secondary N) is 1. The number of hydrogen-bond donors (Lipinski definition) is 1. The number of benzene rings is 1. The van der Waals surface area contributed by atoms with E-state index in [0.717, 1.165) is 42.0 Å². The summed E-state index contributed by atoms with van der Waals surface area (Å²) < 4.78 is 1.12. The largest absolute Gasteiger partial charge is 0.370 e. The van der Waals surface area contributed by atoms with E-state index in [4.69, 9.17) is 11.6 Å². The van der Waals surface area contributed by atoms with E-state index in [0.29, 0.717) is 0 Å². The van der Waals surface area contributed by atoms with E-state index in [1.54, 1.807) is 0 Å². The van der Waals surface area contributed by atoms with Crippen molar-refractivity contribution in [2.75, 3.05) is 18.8 Å². The quantitative estimate of drug-likeness (QED) is 0.484. The number of hydrogen-bond acceptors (Lipinski definition) is 3. The zero-order valence-electron chi connectivity index (χ0n) is 14.3. The van der Waals surface area contributed by atoms with Crippen molar-refractivity contribution < 1.29 is 0 Å². The average molecular weight is 438 g/mol. The molecule has 2 nitrogen and oxygen atoms in total. The second-order valence-electron chi connectivity index (χ2n) is 6.01. The van der Waals surface area contributed by atoms with Crippen molar-refractivity contribution in [1.29, 1.82) is 0 Å². The fourth-order valence-corrected chi connectivity index (χ4v) is 4.80. The molecule has 1 aromatic carbocycles. The normalized spacial score (nSPS) is 20.3. The monoisotopic (exact) mass is 436 g/mol. The first-order chi connectivity index (χ1) is 12.2. The topological polar surface area (TPSA) is 24.4 Å². The van der Waals surface area contributed by atoms with Gasteiger partial charge in [0, 0.05) is 33.8 Å². The highest BCUT2D eigenvalue weighted by molar-refractivity contribution is 9.10. The lowest BCUT2D eigenvalue weighted by Crippen LogP contribution is -2.31. The molecule has 0 amide bonds. The average Bonchev–Trinajstić information content (AvgIpc) is 2.82. The Labute approximate surface area is 167 Å². The highest BCUT2D eigenvalue weighted by Crippen LogP contribution is 2.31. The van der Waals surface area contributed by atoms with Gasteiger partial charge in [0.2, 0.25) is 0 Å². The molecule has 0 bridgehead atoms. The maximum absolute atomic E-state index is 6.41. The van der Waals surface area contributed by atoms with Crippen molar-refractivity contribution >= 4 is 45.1 Å². The van der Waals surface area contributed by atoms with E-state index >= 15 is 0 Å². The zero-order valence-corrected chi connectivity index (χ0v) is 17.4. The number of aliphatic imine (C=N–C) groups is 1. The molecule has 1 aliphatic heterocycles. The van der Waals surface area contributed by atoms with Crippen LogP contribution in [0.25, 0.3) is 0 Å². The van der Waals surface area contributed by atoms with Crippen molar-refractivity contribution in [3.8, 4) is 0 Å². The second-order valence-corrected chi connectivity index (χ2v) is 8.44. The third-order valence-corrected chi connectivity index (χ3v) is 6.12. The highest BCUT2D eigenvalue weighted by atomic mass is 79.9. The fourth-order valence-electron chi connectivity index (χ4n) is 2.88. The zero-order chi connectivity index (χ0) is 17.6. The van der Waals surface area contributed by atoms with Crippen molar-refractivity contribution in [3.05, 3.63) is 63.7 Å². The predicted octanol–water partition coefficient (Wildman–Crippen LogP) is 5.53. The second kappa shape index (κ2) is 9.11. The summed E-state index contributed by atoms with van der Waals surface area (Å²) in [5, 5.41) is 3.36. The molecule has 5 heteroatoms. The Hall–Kier alpha value is -0.970. The Bertz CT molecular complexity index is 752. The van der Waals surface area contributed by atoms with Gasteiger partial charge in [-0.25, -0.2) is 0 Å². The Morgan fingerprint density at radius 1 is 1.40 bits per heavy atom. The summed E-state index contributed by atoms with van der Waals surface area (Å²) in [5.74, 6) is 1.87. The summed E-state index contributed by atoms with van der Waals surface area (Å²) in [6, 6.07) is 6.51. The first-order valence-electron chi connectivity index (χ1n) is 8.61. The minimum absolute atomic E-state index is 0.0818. The molecule has 0 spiro atoms. The summed E-state index contributed by atoms with van der Waals surface area (Å²) in [4.78, 5) is 5.99. The van der Waals surface area contributed by atoms with Gasteiger partial charge >= 0.3 is 0 Å². The van der Waals surface area contributed by atoms with E-state index in [9.17, 15) is 0 Å². The molecule has 25 heavy (non-hydrogen) atoms. The minimum atomic E-state index is -0.0818. The maximum Gasteiger partial charge on any atom is 0.128 e. The van der Waals surface area contributed by atoms with Gasteiger partial charge in [0.25, 0.3) is 0 Å². The Morgan fingerprint density at radius 3 is 3.04 bits per heavy atom. The Kier molecular flexibility index (Phi) is 6.85. The third-order valence-electron chi connectivity index (χ3n) is 4.21. The molecule has 1 heterocycles. The number of thioether (sulfide) groups is 1. The molecule has 0 aromatic heterocycles. The Balaban J connectivity index is 1.83. The van der Waals surface area contributed by atoms with Gasteiger partial charge in [0.05, 0.1) is 5.38 Å². The van der Waals surface area contributed by atoms with Crippen LogP contribution < -0.4 is 5.32 Å². The summed E-state index contributed by atoms with van der Waals surface area (Å²) in [7, 11) is 0.